The summed E-state index contributed by atoms with van der Waals surface area (Å²) in [5.74, 6) is -1.34. The van der Waals surface area contributed by atoms with Crippen molar-refractivity contribution in [3.63, 3.8) is 0 Å². The standard InChI is InChI=1S/C22H28N2O3/c1-13(2)8-9-24-11-16-4-3-5-18(17(16)12-24)23-21(25)19-14-6-7-15(10-14)20(19)22(26)27/h3-7,13-15,19-20H,8-12H2,1-2H3,(H,23,25)(H,26,27). The Hall–Kier alpha value is -2.14. The highest BCUT2D eigenvalue weighted by Crippen LogP contribution is 2.48. The third kappa shape index (κ3) is 3.41. The Labute approximate surface area is 160 Å². The zero-order chi connectivity index (χ0) is 19.1. The molecule has 4 unspecified atom stereocenters. The molecule has 1 amide bonds. The number of hydrogen-bond donors (Lipinski definition) is 2. The van der Waals surface area contributed by atoms with E-state index in [9.17, 15) is 14.7 Å². The molecule has 4 rings (SSSR count). The number of fused-ring (bicyclic) bond motifs is 3. The Morgan fingerprint density at radius 2 is 1.93 bits per heavy atom. The van der Waals surface area contributed by atoms with E-state index >= 15 is 0 Å². The fourth-order valence-corrected chi connectivity index (χ4v) is 4.94. The Balaban J connectivity index is 1.49. The van der Waals surface area contributed by atoms with E-state index in [0.717, 1.165) is 38.2 Å². The minimum atomic E-state index is -0.856. The Morgan fingerprint density at radius 3 is 2.63 bits per heavy atom. The fourth-order valence-electron chi connectivity index (χ4n) is 4.94. The fraction of sp³-hybridized carbons (Fsp3) is 0.545. The van der Waals surface area contributed by atoms with E-state index in [1.807, 2.05) is 24.3 Å². The zero-order valence-electron chi connectivity index (χ0n) is 16.0. The summed E-state index contributed by atoms with van der Waals surface area (Å²) in [4.78, 5) is 27.1. The lowest BCUT2D eigenvalue weighted by Crippen LogP contribution is -2.36. The number of nitrogens with one attached hydrogen (secondary N) is 1. The second-order valence-electron chi connectivity index (χ2n) is 8.66. The van der Waals surface area contributed by atoms with Crippen LogP contribution in [-0.4, -0.2) is 28.4 Å². The van der Waals surface area contributed by atoms with E-state index < -0.39 is 17.8 Å². The normalized spacial score (nSPS) is 28.7. The largest absolute Gasteiger partial charge is 0.481 e. The van der Waals surface area contributed by atoms with Gasteiger partial charge in [0.15, 0.2) is 0 Å². The lowest BCUT2D eigenvalue weighted by molar-refractivity contribution is -0.146. The average Bonchev–Trinajstić information content (AvgIpc) is 3.33. The number of carboxylic acid groups (broad SMARTS) is 1. The van der Waals surface area contributed by atoms with Gasteiger partial charge in [-0.25, -0.2) is 0 Å². The van der Waals surface area contributed by atoms with Gasteiger partial charge >= 0.3 is 5.97 Å². The van der Waals surface area contributed by atoms with Crippen LogP contribution in [0.1, 0.15) is 37.8 Å². The van der Waals surface area contributed by atoms with Gasteiger partial charge in [0.05, 0.1) is 11.8 Å². The van der Waals surface area contributed by atoms with E-state index in [1.54, 1.807) is 0 Å². The van der Waals surface area contributed by atoms with Gasteiger partial charge in [-0.1, -0.05) is 38.1 Å². The maximum atomic E-state index is 13.0. The minimum Gasteiger partial charge on any atom is -0.481 e. The van der Waals surface area contributed by atoms with Crippen LogP contribution in [0.25, 0.3) is 0 Å². The van der Waals surface area contributed by atoms with Crippen LogP contribution in [0.2, 0.25) is 0 Å². The van der Waals surface area contributed by atoms with Crippen LogP contribution >= 0.6 is 0 Å². The van der Waals surface area contributed by atoms with Gasteiger partial charge in [-0.05, 0) is 54.3 Å². The number of carbonyl (C=O) groups is 2. The molecule has 27 heavy (non-hydrogen) atoms. The molecule has 0 spiro atoms. The molecule has 1 saturated carbocycles. The van der Waals surface area contributed by atoms with Gasteiger partial charge < -0.3 is 10.4 Å². The highest BCUT2D eigenvalue weighted by atomic mass is 16.4. The predicted octanol–water partition coefficient (Wildman–Crippen LogP) is 3.51. The van der Waals surface area contributed by atoms with Crippen LogP contribution in [0.5, 0.6) is 0 Å². The van der Waals surface area contributed by atoms with E-state index in [2.05, 4.69) is 30.1 Å². The molecule has 144 valence electrons. The number of nitrogens with zero attached hydrogens (tertiary/aromatic N) is 1. The third-order valence-corrected chi connectivity index (χ3v) is 6.38. The van der Waals surface area contributed by atoms with E-state index in [4.69, 9.17) is 0 Å². The molecule has 0 saturated heterocycles. The van der Waals surface area contributed by atoms with Crippen LogP contribution in [0.4, 0.5) is 5.69 Å². The monoisotopic (exact) mass is 368 g/mol. The summed E-state index contributed by atoms with van der Waals surface area (Å²) in [6, 6.07) is 6.05. The number of amides is 1. The van der Waals surface area contributed by atoms with Crippen molar-refractivity contribution in [3.8, 4) is 0 Å². The molecule has 1 heterocycles. The molecular formula is C22H28N2O3. The van der Waals surface area contributed by atoms with Gasteiger partial charge in [0.2, 0.25) is 5.91 Å². The van der Waals surface area contributed by atoms with E-state index in [1.165, 1.54) is 11.1 Å². The molecule has 5 heteroatoms. The Kier molecular flexibility index (Phi) is 4.81. The topological polar surface area (TPSA) is 69.6 Å². The van der Waals surface area contributed by atoms with Crippen LogP contribution in [-0.2, 0) is 22.7 Å². The Bertz CT molecular complexity index is 786. The highest BCUT2D eigenvalue weighted by Gasteiger charge is 2.51. The van der Waals surface area contributed by atoms with Crippen molar-refractivity contribution in [2.24, 2.45) is 29.6 Å². The summed E-state index contributed by atoms with van der Waals surface area (Å²) in [6.45, 7) is 7.28. The van der Waals surface area contributed by atoms with E-state index in [0.29, 0.717) is 5.92 Å². The van der Waals surface area contributed by atoms with Crippen molar-refractivity contribution in [1.29, 1.82) is 0 Å². The molecule has 1 aromatic carbocycles. The SMILES string of the molecule is CC(C)CCN1Cc2cccc(NC(=O)C3C4C=CC(C4)C3C(=O)O)c2C1. The number of anilines is 1. The zero-order valence-corrected chi connectivity index (χ0v) is 16.0. The highest BCUT2D eigenvalue weighted by molar-refractivity contribution is 5.97. The smallest absolute Gasteiger partial charge is 0.307 e. The van der Waals surface area contributed by atoms with Crippen molar-refractivity contribution in [2.75, 3.05) is 11.9 Å². The summed E-state index contributed by atoms with van der Waals surface area (Å²) in [7, 11) is 0. The van der Waals surface area contributed by atoms with Gasteiger partial charge in [0, 0.05) is 18.8 Å². The average molecular weight is 368 g/mol. The van der Waals surface area contributed by atoms with Crippen LogP contribution < -0.4 is 5.32 Å². The maximum Gasteiger partial charge on any atom is 0.307 e. The first-order chi connectivity index (χ1) is 12.9. The van der Waals surface area contributed by atoms with Crippen LogP contribution in [0.3, 0.4) is 0 Å². The molecule has 1 aliphatic heterocycles. The summed E-state index contributed by atoms with van der Waals surface area (Å²) in [5, 5.41) is 12.7. The predicted molar refractivity (Wildman–Crippen MR) is 104 cm³/mol. The first-order valence-electron chi connectivity index (χ1n) is 9.99. The van der Waals surface area contributed by atoms with E-state index in [-0.39, 0.29) is 17.7 Å². The number of carboxylic acids is 1. The maximum absolute atomic E-state index is 13.0. The molecule has 2 bridgehead atoms. The van der Waals surface area contributed by atoms with Crippen molar-refractivity contribution in [3.05, 3.63) is 41.5 Å². The number of allylic oxidation sites excluding steroid dienone is 2. The van der Waals surface area contributed by atoms with Crippen LogP contribution in [0.15, 0.2) is 30.4 Å². The number of carbonyl (C=O) groups excluding carboxylic acids is 1. The Morgan fingerprint density at radius 1 is 1.19 bits per heavy atom. The second-order valence-corrected chi connectivity index (χ2v) is 8.66. The van der Waals surface area contributed by atoms with Crippen LogP contribution in [0, 0.1) is 29.6 Å². The molecule has 2 N–H and O–H groups in total. The third-order valence-electron chi connectivity index (χ3n) is 6.38. The summed E-state index contributed by atoms with van der Waals surface area (Å²) in [6.07, 6.45) is 5.94. The first kappa shape index (κ1) is 18.2. The molecule has 0 radical (unpaired) electrons. The number of benzene rings is 1. The molecule has 5 nitrogen and oxygen atoms in total. The lowest BCUT2D eigenvalue weighted by atomic mass is 9.82. The van der Waals surface area contributed by atoms with Gasteiger partial charge in [0.25, 0.3) is 0 Å². The number of hydrogen-bond acceptors (Lipinski definition) is 3. The van der Waals surface area contributed by atoms with Crippen molar-refractivity contribution in [1.82, 2.24) is 4.90 Å². The lowest BCUT2D eigenvalue weighted by Gasteiger charge is -2.24. The van der Waals surface area contributed by atoms with Gasteiger partial charge in [-0.3, -0.25) is 14.5 Å². The summed E-state index contributed by atoms with van der Waals surface area (Å²) < 4.78 is 0. The first-order valence-corrected chi connectivity index (χ1v) is 9.99. The molecule has 4 atom stereocenters. The molecule has 3 aliphatic rings. The second kappa shape index (κ2) is 7.12. The summed E-state index contributed by atoms with van der Waals surface area (Å²) in [5.41, 5.74) is 3.29. The van der Waals surface area contributed by atoms with Crippen molar-refractivity contribution < 1.29 is 14.7 Å². The quantitative estimate of drug-likeness (QED) is 0.754. The van der Waals surface area contributed by atoms with Gasteiger partial charge in [0.1, 0.15) is 0 Å². The minimum absolute atomic E-state index is 0.00346. The molecule has 2 aliphatic carbocycles. The van der Waals surface area contributed by atoms with Gasteiger partial charge in [-0.15, -0.1) is 0 Å². The molecule has 1 fully saturated rings. The molecule has 1 aromatic rings. The van der Waals surface area contributed by atoms with Crippen molar-refractivity contribution >= 4 is 17.6 Å². The molecular weight excluding hydrogens is 340 g/mol. The summed E-state index contributed by atoms with van der Waals surface area (Å²) >= 11 is 0. The molecule has 0 aromatic heterocycles. The number of rotatable bonds is 6. The van der Waals surface area contributed by atoms with Gasteiger partial charge in [-0.2, -0.15) is 0 Å². The number of aliphatic carboxylic acids is 1. The van der Waals surface area contributed by atoms with Crippen molar-refractivity contribution in [2.45, 2.75) is 39.8 Å².